The molecule has 1 unspecified atom stereocenters. The molecule has 2 aromatic carbocycles. The van der Waals surface area contributed by atoms with Gasteiger partial charge in [0.1, 0.15) is 0 Å². The summed E-state index contributed by atoms with van der Waals surface area (Å²) in [5.74, 6) is 0. The predicted octanol–water partition coefficient (Wildman–Crippen LogP) is 5.10. The Balaban J connectivity index is 1.77. The van der Waals surface area contributed by atoms with Gasteiger partial charge >= 0.3 is 0 Å². The number of nitrogens with one attached hydrogen (secondary N) is 1. The van der Waals surface area contributed by atoms with E-state index in [4.69, 9.17) is 0 Å². The number of rotatable bonds is 3. The zero-order chi connectivity index (χ0) is 14.1. The van der Waals surface area contributed by atoms with Crippen molar-refractivity contribution in [2.45, 2.75) is 38.8 Å². The number of benzene rings is 2. The Morgan fingerprint density at radius 3 is 2.65 bits per heavy atom. The average molecular weight is 330 g/mol. The second-order valence-corrected chi connectivity index (χ2v) is 6.55. The quantitative estimate of drug-likeness (QED) is 0.826. The molecule has 1 nitrogen and oxygen atoms in total. The maximum Gasteiger partial charge on any atom is 0.0331 e. The van der Waals surface area contributed by atoms with Crippen LogP contribution in [0.25, 0.3) is 0 Å². The number of hydrogen-bond acceptors (Lipinski definition) is 1. The van der Waals surface area contributed by atoms with Crippen molar-refractivity contribution in [2.75, 3.05) is 0 Å². The molecule has 3 rings (SSSR count). The van der Waals surface area contributed by atoms with Crippen LogP contribution in [-0.4, -0.2) is 0 Å². The Hall–Kier alpha value is -1.12. The van der Waals surface area contributed by atoms with Crippen molar-refractivity contribution in [3.63, 3.8) is 0 Å². The number of hydrogen-bond donors (Lipinski definition) is 1. The maximum absolute atomic E-state index is 3.78. The molecule has 1 aliphatic rings. The molecule has 1 N–H and O–H groups in total. The first-order chi connectivity index (χ1) is 9.65. The van der Waals surface area contributed by atoms with Crippen LogP contribution in [0.15, 0.2) is 46.9 Å². The summed E-state index contributed by atoms with van der Waals surface area (Å²) < 4.78 is 1.25. The molecule has 0 saturated heterocycles. The van der Waals surface area contributed by atoms with Crippen LogP contribution in [0.3, 0.4) is 0 Å². The molecule has 0 fully saturated rings. The Morgan fingerprint density at radius 2 is 1.90 bits per heavy atom. The number of halogens is 1. The highest BCUT2D eigenvalue weighted by atomic mass is 79.9. The van der Waals surface area contributed by atoms with E-state index in [0.29, 0.717) is 12.1 Å². The molecule has 2 heteroatoms. The zero-order valence-electron chi connectivity index (χ0n) is 12.0. The molecule has 0 amide bonds. The first-order valence-corrected chi connectivity index (χ1v) is 8.04. The van der Waals surface area contributed by atoms with E-state index in [2.05, 4.69) is 77.6 Å². The molecule has 0 heterocycles. The molecular weight excluding hydrogens is 310 g/mol. The lowest BCUT2D eigenvalue weighted by atomic mass is 10.0. The standard InChI is InChI=1S/C18H20BrN/c1-12-6-8-14(9-7-12)13(2)20-18-11-10-15-16(18)4-3-5-17(15)19/h3-9,13,18,20H,10-11H2,1-2H3/t13-,18?/m1/s1. The van der Waals surface area contributed by atoms with Crippen LogP contribution in [0.5, 0.6) is 0 Å². The molecule has 2 aromatic rings. The molecule has 0 saturated carbocycles. The minimum Gasteiger partial charge on any atom is -0.303 e. The highest BCUT2D eigenvalue weighted by Gasteiger charge is 2.25. The summed E-state index contributed by atoms with van der Waals surface area (Å²) in [5, 5.41) is 3.78. The lowest BCUT2D eigenvalue weighted by molar-refractivity contribution is 0.465. The minimum absolute atomic E-state index is 0.380. The molecule has 1 aliphatic carbocycles. The summed E-state index contributed by atoms with van der Waals surface area (Å²) in [5.41, 5.74) is 5.61. The zero-order valence-corrected chi connectivity index (χ0v) is 13.6. The molecule has 2 atom stereocenters. The van der Waals surface area contributed by atoms with Crippen LogP contribution in [0.4, 0.5) is 0 Å². The third kappa shape index (κ3) is 2.68. The van der Waals surface area contributed by atoms with E-state index >= 15 is 0 Å². The van der Waals surface area contributed by atoms with Gasteiger partial charge in [-0.15, -0.1) is 0 Å². The van der Waals surface area contributed by atoms with E-state index in [1.54, 1.807) is 0 Å². The van der Waals surface area contributed by atoms with Crippen molar-refractivity contribution in [3.8, 4) is 0 Å². The lowest BCUT2D eigenvalue weighted by Crippen LogP contribution is -2.23. The fourth-order valence-corrected chi connectivity index (χ4v) is 3.62. The molecule has 104 valence electrons. The summed E-state index contributed by atoms with van der Waals surface area (Å²) in [6, 6.07) is 16.2. The number of fused-ring (bicyclic) bond motifs is 1. The van der Waals surface area contributed by atoms with Gasteiger partial charge in [0, 0.05) is 16.6 Å². The van der Waals surface area contributed by atoms with Crippen molar-refractivity contribution < 1.29 is 0 Å². The fourth-order valence-electron chi connectivity index (χ4n) is 3.04. The normalized spacial score (nSPS) is 18.9. The summed E-state index contributed by atoms with van der Waals surface area (Å²) >= 11 is 3.67. The average Bonchev–Trinajstić information content (AvgIpc) is 2.84. The third-order valence-electron chi connectivity index (χ3n) is 4.24. The Morgan fingerprint density at radius 1 is 1.15 bits per heavy atom. The van der Waals surface area contributed by atoms with Crippen LogP contribution < -0.4 is 5.32 Å². The van der Waals surface area contributed by atoms with E-state index in [-0.39, 0.29) is 0 Å². The SMILES string of the molecule is Cc1ccc([C@@H](C)NC2CCc3c(Br)cccc32)cc1. The molecule has 0 bridgehead atoms. The van der Waals surface area contributed by atoms with Crippen LogP contribution in [0.1, 0.15) is 47.7 Å². The van der Waals surface area contributed by atoms with Gasteiger partial charge < -0.3 is 5.32 Å². The van der Waals surface area contributed by atoms with E-state index < -0.39 is 0 Å². The summed E-state index contributed by atoms with van der Waals surface area (Å²) in [6.45, 7) is 4.38. The maximum atomic E-state index is 3.78. The van der Waals surface area contributed by atoms with Crippen LogP contribution in [0.2, 0.25) is 0 Å². The van der Waals surface area contributed by atoms with Gasteiger partial charge in [-0.05, 0) is 49.4 Å². The molecule has 0 aromatic heterocycles. The summed E-state index contributed by atoms with van der Waals surface area (Å²) in [4.78, 5) is 0. The van der Waals surface area contributed by atoms with Crippen LogP contribution in [0, 0.1) is 6.92 Å². The van der Waals surface area contributed by atoms with Crippen molar-refractivity contribution in [1.82, 2.24) is 5.32 Å². The van der Waals surface area contributed by atoms with Crippen LogP contribution in [-0.2, 0) is 6.42 Å². The first-order valence-electron chi connectivity index (χ1n) is 7.25. The number of aryl methyl sites for hydroxylation is 1. The van der Waals surface area contributed by atoms with Gasteiger partial charge in [-0.25, -0.2) is 0 Å². The van der Waals surface area contributed by atoms with Gasteiger partial charge in [0.15, 0.2) is 0 Å². The van der Waals surface area contributed by atoms with Crippen LogP contribution >= 0.6 is 15.9 Å². The molecular formula is C18H20BrN. The largest absolute Gasteiger partial charge is 0.303 e. The highest BCUT2D eigenvalue weighted by molar-refractivity contribution is 9.10. The Kier molecular flexibility index (Phi) is 3.95. The summed E-state index contributed by atoms with van der Waals surface area (Å²) in [6.07, 6.45) is 2.35. The van der Waals surface area contributed by atoms with Crippen molar-refractivity contribution in [2.24, 2.45) is 0 Å². The van der Waals surface area contributed by atoms with E-state index in [1.165, 1.54) is 33.1 Å². The van der Waals surface area contributed by atoms with Gasteiger partial charge in [0.05, 0.1) is 0 Å². The predicted molar refractivity (Wildman–Crippen MR) is 87.9 cm³/mol. The minimum atomic E-state index is 0.380. The Labute approximate surface area is 129 Å². The second-order valence-electron chi connectivity index (χ2n) is 5.70. The second kappa shape index (κ2) is 5.71. The molecule has 20 heavy (non-hydrogen) atoms. The first kappa shape index (κ1) is 13.8. The van der Waals surface area contributed by atoms with Gasteiger partial charge in [-0.3, -0.25) is 0 Å². The topological polar surface area (TPSA) is 12.0 Å². The lowest BCUT2D eigenvalue weighted by Gasteiger charge is -2.21. The van der Waals surface area contributed by atoms with Gasteiger partial charge in [0.2, 0.25) is 0 Å². The van der Waals surface area contributed by atoms with E-state index in [1.807, 2.05) is 0 Å². The van der Waals surface area contributed by atoms with E-state index in [9.17, 15) is 0 Å². The van der Waals surface area contributed by atoms with Gasteiger partial charge in [-0.1, -0.05) is 57.9 Å². The van der Waals surface area contributed by atoms with Crippen molar-refractivity contribution in [1.29, 1.82) is 0 Å². The van der Waals surface area contributed by atoms with Crippen molar-refractivity contribution >= 4 is 15.9 Å². The highest BCUT2D eigenvalue weighted by Crippen LogP contribution is 2.36. The van der Waals surface area contributed by atoms with Gasteiger partial charge in [-0.2, -0.15) is 0 Å². The fraction of sp³-hybridized carbons (Fsp3) is 0.333. The smallest absolute Gasteiger partial charge is 0.0331 e. The van der Waals surface area contributed by atoms with Gasteiger partial charge in [0.25, 0.3) is 0 Å². The monoisotopic (exact) mass is 329 g/mol. The molecule has 0 radical (unpaired) electrons. The molecule has 0 spiro atoms. The Bertz CT molecular complexity index is 603. The third-order valence-corrected chi connectivity index (χ3v) is 4.99. The van der Waals surface area contributed by atoms with Crippen molar-refractivity contribution in [3.05, 3.63) is 69.2 Å². The summed E-state index contributed by atoms with van der Waals surface area (Å²) in [7, 11) is 0. The van der Waals surface area contributed by atoms with E-state index in [0.717, 1.165) is 6.42 Å². The molecule has 0 aliphatic heterocycles.